The minimum absolute atomic E-state index is 0.156. The summed E-state index contributed by atoms with van der Waals surface area (Å²) in [6, 6.07) is 5.75. The second-order valence-electron chi connectivity index (χ2n) is 3.77. The van der Waals surface area contributed by atoms with Gasteiger partial charge in [0.05, 0.1) is 0 Å². The Morgan fingerprint density at radius 1 is 1.18 bits per heavy atom. The molecule has 2 heterocycles. The van der Waals surface area contributed by atoms with Gasteiger partial charge in [-0.2, -0.15) is 15.0 Å². The third-order valence-electron chi connectivity index (χ3n) is 1.92. The Balaban J connectivity index is 2.38. The zero-order valence-corrected chi connectivity index (χ0v) is 10.3. The number of anilines is 1. The van der Waals surface area contributed by atoms with Crippen molar-refractivity contribution in [1.82, 2.24) is 19.9 Å². The molecule has 2 rings (SSSR count). The molecule has 0 aromatic carbocycles. The van der Waals surface area contributed by atoms with E-state index in [0.717, 1.165) is 0 Å². The predicted octanol–water partition coefficient (Wildman–Crippen LogP) is 2.41. The average Bonchev–Trinajstić information content (AvgIpc) is 2.28. The molecule has 88 valence electrons. The van der Waals surface area contributed by atoms with Gasteiger partial charge < -0.3 is 5.32 Å². The summed E-state index contributed by atoms with van der Waals surface area (Å²) in [4.78, 5) is 16.5. The minimum atomic E-state index is 0.156. The van der Waals surface area contributed by atoms with Crippen LogP contribution in [0.2, 0.25) is 5.28 Å². The van der Waals surface area contributed by atoms with Crippen molar-refractivity contribution in [2.75, 3.05) is 5.32 Å². The van der Waals surface area contributed by atoms with E-state index in [1.807, 2.05) is 32.0 Å². The van der Waals surface area contributed by atoms with E-state index in [-0.39, 0.29) is 11.3 Å². The molecule has 0 bridgehead atoms. The van der Waals surface area contributed by atoms with Crippen molar-refractivity contribution < 1.29 is 0 Å². The monoisotopic (exact) mass is 249 g/mol. The highest BCUT2D eigenvalue weighted by Crippen LogP contribution is 2.15. The second-order valence-corrected chi connectivity index (χ2v) is 4.10. The van der Waals surface area contributed by atoms with Gasteiger partial charge in [0.25, 0.3) is 0 Å². The van der Waals surface area contributed by atoms with Crippen LogP contribution in [0, 0.1) is 0 Å². The maximum Gasteiger partial charge on any atom is 0.227 e. The largest absolute Gasteiger partial charge is 0.352 e. The van der Waals surface area contributed by atoms with Crippen molar-refractivity contribution in [3.63, 3.8) is 0 Å². The quantitative estimate of drug-likeness (QED) is 0.905. The van der Waals surface area contributed by atoms with Gasteiger partial charge in [0.1, 0.15) is 5.69 Å². The molecule has 6 heteroatoms. The van der Waals surface area contributed by atoms with Gasteiger partial charge in [-0.1, -0.05) is 6.07 Å². The zero-order valence-electron chi connectivity index (χ0n) is 9.55. The van der Waals surface area contributed by atoms with E-state index in [1.54, 1.807) is 6.20 Å². The molecule has 17 heavy (non-hydrogen) atoms. The van der Waals surface area contributed by atoms with Gasteiger partial charge in [-0.25, -0.2) is 0 Å². The molecule has 0 aliphatic heterocycles. The Hall–Kier alpha value is -1.75. The number of hydrogen-bond donors (Lipinski definition) is 1. The van der Waals surface area contributed by atoms with Gasteiger partial charge in [0.2, 0.25) is 11.2 Å². The number of rotatable bonds is 3. The third-order valence-corrected chi connectivity index (χ3v) is 2.09. The molecule has 0 atom stereocenters. The fraction of sp³-hybridized carbons (Fsp3) is 0.273. The number of aromatic nitrogens is 4. The Kier molecular flexibility index (Phi) is 3.49. The van der Waals surface area contributed by atoms with E-state index in [4.69, 9.17) is 11.6 Å². The molecule has 2 aromatic rings. The average molecular weight is 250 g/mol. The summed E-state index contributed by atoms with van der Waals surface area (Å²) >= 11 is 5.85. The van der Waals surface area contributed by atoms with Crippen molar-refractivity contribution >= 4 is 17.5 Å². The predicted molar refractivity (Wildman–Crippen MR) is 66.8 cm³/mol. The Morgan fingerprint density at radius 2 is 2.00 bits per heavy atom. The van der Waals surface area contributed by atoms with Crippen LogP contribution < -0.4 is 5.32 Å². The number of pyridine rings is 1. The third kappa shape index (κ3) is 3.10. The first-order chi connectivity index (χ1) is 8.15. The topological polar surface area (TPSA) is 63.6 Å². The van der Waals surface area contributed by atoms with Gasteiger partial charge in [0.15, 0.2) is 5.82 Å². The lowest BCUT2D eigenvalue weighted by atomic mass is 10.3. The molecule has 0 amide bonds. The fourth-order valence-corrected chi connectivity index (χ4v) is 1.44. The van der Waals surface area contributed by atoms with Gasteiger partial charge in [-0.05, 0) is 37.6 Å². The lowest BCUT2D eigenvalue weighted by Gasteiger charge is -2.08. The first-order valence-electron chi connectivity index (χ1n) is 5.24. The van der Waals surface area contributed by atoms with Gasteiger partial charge in [0, 0.05) is 12.2 Å². The highest BCUT2D eigenvalue weighted by Gasteiger charge is 2.08. The van der Waals surface area contributed by atoms with Crippen LogP contribution in [0.4, 0.5) is 5.95 Å². The summed E-state index contributed by atoms with van der Waals surface area (Å²) in [5.74, 6) is 0.925. The molecule has 1 N–H and O–H groups in total. The van der Waals surface area contributed by atoms with Crippen molar-refractivity contribution in [3.8, 4) is 11.5 Å². The summed E-state index contributed by atoms with van der Waals surface area (Å²) in [5, 5.41) is 3.24. The lowest BCUT2D eigenvalue weighted by Crippen LogP contribution is -2.13. The Morgan fingerprint density at radius 3 is 2.65 bits per heavy atom. The zero-order chi connectivity index (χ0) is 12.3. The Bertz CT molecular complexity index is 500. The van der Waals surface area contributed by atoms with Crippen molar-refractivity contribution in [3.05, 3.63) is 29.7 Å². The second kappa shape index (κ2) is 5.05. The highest BCUT2D eigenvalue weighted by atomic mass is 35.5. The number of nitrogens with zero attached hydrogens (tertiary/aromatic N) is 4. The highest BCUT2D eigenvalue weighted by molar-refractivity contribution is 6.28. The maximum absolute atomic E-state index is 5.85. The normalized spacial score (nSPS) is 10.6. The van der Waals surface area contributed by atoms with Crippen LogP contribution in [0.25, 0.3) is 11.5 Å². The summed E-state index contributed by atoms with van der Waals surface area (Å²) in [7, 11) is 0. The molecule has 0 unspecified atom stereocenters. The van der Waals surface area contributed by atoms with Crippen LogP contribution in [0.5, 0.6) is 0 Å². The molecule has 0 aliphatic rings. The molecule has 0 spiro atoms. The van der Waals surface area contributed by atoms with Gasteiger partial charge in [-0.15, -0.1) is 0 Å². The van der Waals surface area contributed by atoms with Crippen molar-refractivity contribution in [1.29, 1.82) is 0 Å². The Labute approximate surface area is 104 Å². The van der Waals surface area contributed by atoms with E-state index in [0.29, 0.717) is 17.5 Å². The minimum Gasteiger partial charge on any atom is -0.352 e. The SMILES string of the molecule is CC(C)Nc1nc(Cl)nc(-c2ccccn2)n1. The molecule has 0 saturated heterocycles. The molecular formula is C11H12ClN5. The molecule has 5 nitrogen and oxygen atoms in total. The standard InChI is InChI=1S/C11H12ClN5/c1-7(2)14-11-16-9(15-10(12)17-11)8-5-3-4-6-13-8/h3-7H,1-2H3,(H,14,15,16,17). The summed E-state index contributed by atoms with van der Waals surface area (Å²) < 4.78 is 0. The molecule has 0 fully saturated rings. The molecule has 2 aromatic heterocycles. The fourth-order valence-electron chi connectivity index (χ4n) is 1.28. The van der Waals surface area contributed by atoms with Gasteiger partial charge >= 0.3 is 0 Å². The van der Waals surface area contributed by atoms with E-state index >= 15 is 0 Å². The summed E-state index contributed by atoms with van der Waals surface area (Å²) in [6.45, 7) is 4.00. The van der Waals surface area contributed by atoms with Crippen LogP contribution in [-0.4, -0.2) is 26.0 Å². The first kappa shape index (κ1) is 11.7. The van der Waals surface area contributed by atoms with Crippen LogP contribution >= 0.6 is 11.6 Å². The van der Waals surface area contributed by atoms with E-state index < -0.39 is 0 Å². The number of halogens is 1. The summed E-state index contributed by atoms with van der Waals surface area (Å²) in [5.41, 5.74) is 0.670. The molecule has 0 radical (unpaired) electrons. The number of nitrogens with one attached hydrogen (secondary N) is 1. The lowest BCUT2D eigenvalue weighted by molar-refractivity contribution is 0.867. The van der Waals surface area contributed by atoms with Crippen LogP contribution in [0.15, 0.2) is 24.4 Å². The molecule has 0 aliphatic carbocycles. The van der Waals surface area contributed by atoms with E-state index in [2.05, 4.69) is 25.3 Å². The van der Waals surface area contributed by atoms with E-state index in [9.17, 15) is 0 Å². The summed E-state index contributed by atoms with van der Waals surface area (Å²) in [6.07, 6.45) is 1.68. The van der Waals surface area contributed by atoms with E-state index in [1.165, 1.54) is 0 Å². The molecular weight excluding hydrogens is 238 g/mol. The van der Waals surface area contributed by atoms with Crippen LogP contribution in [-0.2, 0) is 0 Å². The molecule has 0 saturated carbocycles. The first-order valence-corrected chi connectivity index (χ1v) is 5.62. The smallest absolute Gasteiger partial charge is 0.227 e. The number of hydrogen-bond acceptors (Lipinski definition) is 5. The van der Waals surface area contributed by atoms with Crippen LogP contribution in [0.3, 0.4) is 0 Å². The maximum atomic E-state index is 5.85. The van der Waals surface area contributed by atoms with Gasteiger partial charge in [-0.3, -0.25) is 4.98 Å². The van der Waals surface area contributed by atoms with Crippen LogP contribution in [0.1, 0.15) is 13.8 Å². The van der Waals surface area contributed by atoms with Crippen molar-refractivity contribution in [2.45, 2.75) is 19.9 Å². The van der Waals surface area contributed by atoms with Crippen molar-refractivity contribution in [2.24, 2.45) is 0 Å².